The molecule has 1 rings (SSSR count). The molecule has 1 heterocycles. The summed E-state index contributed by atoms with van der Waals surface area (Å²) in [4.78, 5) is 11.0. The minimum Gasteiger partial charge on any atom is -0.460 e. The zero-order chi connectivity index (χ0) is 11.1. The number of aliphatic hydroxyl groups excluding tert-OH is 1. The van der Waals surface area contributed by atoms with Crippen LogP contribution in [0.15, 0.2) is 0 Å². The third kappa shape index (κ3) is 4.65. The first-order chi connectivity index (χ1) is 7.24. The molecule has 1 N–H and O–H groups in total. The summed E-state index contributed by atoms with van der Waals surface area (Å²) in [6.07, 6.45) is 6.87. The molecule has 0 aromatic heterocycles. The number of hydrogen-bond donors (Lipinski definition) is 1. The highest BCUT2D eigenvalue weighted by atomic mass is 16.6. The first-order valence-electron chi connectivity index (χ1n) is 6.11. The van der Waals surface area contributed by atoms with Crippen LogP contribution in [0.4, 0.5) is 0 Å². The summed E-state index contributed by atoms with van der Waals surface area (Å²) in [7, 11) is 0. The fourth-order valence-corrected chi connectivity index (χ4v) is 1.97. The van der Waals surface area contributed by atoms with Crippen molar-refractivity contribution >= 4 is 5.97 Å². The highest BCUT2D eigenvalue weighted by Gasteiger charge is 2.26. The van der Waals surface area contributed by atoms with E-state index in [-0.39, 0.29) is 12.1 Å². The molecule has 0 saturated carbocycles. The van der Waals surface area contributed by atoms with E-state index in [1.165, 1.54) is 12.8 Å². The number of rotatable bonds is 6. The molecular weight excluding hydrogens is 192 g/mol. The van der Waals surface area contributed by atoms with Crippen LogP contribution in [0.1, 0.15) is 58.3 Å². The van der Waals surface area contributed by atoms with Gasteiger partial charge in [-0.3, -0.25) is 4.79 Å². The SMILES string of the molecule is CCCCCC[C@@H](O)[C@@H]1CCCC(=O)O1. The van der Waals surface area contributed by atoms with Gasteiger partial charge in [-0.25, -0.2) is 0 Å². The average Bonchev–Trinajstić information content (AvgIpc) is 2.24. The van der Waals surface area contributed by atoms with E-state index in [0.29, 0.717) is 6.42 Å². The Morgan fingerprint density at radius 1 is 1.47 bits per heavy atom. The molecule has 3 heteroatoms. The van der Waals surface area contributed by atoms with Gasteiger partial charge in [0.15, 0.2) is 0 Å². The van der Waals surface area contributed by atoms with Gasteiger partial charge in [-0.1, -0.05) is 32.6 Å². The molecule has 3 nitrogen and oxygen atoms in total. The van der Waals surface area contributed by atoms with Crippen molar-refractivity contribution in [1.82, 2.24) is 0 Å². The second-order valence-electron chi connectivity index (χ2n) is 4.34. The number of esters is 1. The van der Waals surface area contributed by atoms with Crippen LogP contribution in [0.2, 0.25) is 0 Å². The first kappa shape index (κ1) is 12.5. The number of unbranched alkanes of at least 4 members (excludes halogenated alkanes) is 3. The van der Waals surface area contributed by atoms with Gasteiger partial charge < -0.3 is 9.84 Å². The predicted molar refractivity (Wildman–Crippen MR) is 58.5 cm³/mol. The highest BCUT2D eigenvalue weighted by Crippen LogP contribution is 2.20. The van der Waals surface area contributed by atoms with Crippen molar-refractivity contribution in [3.05, 3.63) is 0 Å². The van der Waals surface area contributed by atoms with Crippen LogP contribution in [0, 0.1) is 0 Å². The molecule has 0 aromatic carbocycles. The molecule has 0 radical (unpaired) electrons. The summed E-state index contributed by atoms with van der Waals surface area (Å²) in [6.45, 7) is 2.17. The summed E-state index contributed by atoms with van der Waals surface area (Å²) in [5, 5.41) is 9.81. The van der Waals surface area contributed by atoms with Gasteiger partial charge in [-0.2, -0.15) is 0 Å². The third-order valence-electron chi connectivity index (χ3n) is 2.93. The number of cyclic esters (lactones) is 1. The summed E-state index contributed by atoms with van der Waals surface area (Å²) in [5.41, 5.74) is 0. The first-order valence-corrected chi connectivity index (χ1v) is 6.11. The quantitative estimate of drug-likeness (QED) is 0.545. The zero-order valence-electron chi connectivity index (χ0n) is 9.58. The predicted octanol–water partition coefficient (Wildman–Crippen LogP) is 2.41. The second-order valence-corrected chi connectivity index (χ2v) is 4.34. The summed E-state index contributed by atoms with van der Waals surface area (Å²) in [6, 6.07) is 0. The maximum Gasteiger partial charge on any atom is 0.306 e. The Morgan fingerprint density at radius 3 is 2.93 bits per heavy atom. The Kier molecular flexibility index (Phi) is 5.69. The zero-order valence-corrected chi connectivity index (χ0v) is 9.58. The van der Waals surface area contributed by atoms with Crippen LogP contribution in [-0.4, -0.2) is 23.3 Å². The molecule has 1 fully saturated rings. The molecule has 1 saturated heterocycles. The number of carbonyl (C=O) groups is 1. The Labute approximate surface area is 91.8 Å². The van der Waals surface area contributed by atoms with E-state index >= 15 is 0 Å². The maximum absolute atomic E-state index is 11.0. The molecule has 0 aliphatic carbocycles. The molecule has 2 atom stereocenters. The number of aliphatic hydroxyl groups is 1. The lowest BCUT2D eigenvalue weighted by molar-refractivity contribution is -0.161. The smallest absolute Gasteiger partial charge is 0.306 e. The van der Waals surface area contributed by atoms with Crippen LogP contribution < -0.4 is 0 Å². The fraction of sp³-hybridized carbons (Fsp3) is 0.917. The third-order valence-corrected chi connectivity index (χ3v) is 2.93. The van der Waals surface area contributed by atoms with Crippen LogP contribution >= 0.6 is 0 Å². The molecular formula is C12H22O3. The molecule has 1 aliphatic heterocycles. The average molecular weight is 214 g/mol. The molecule has 0 spiro atoms. The molecule has 0 unspecified atom stereocenters. The Morgan fingerprint density at radius 2 is 2.27 bits per heavy atom. The normalized spacial score (nSPS) is 23.6. The molecule has 88 valence electrons. The summed E-state index contributed by atoms with van der Waals surface area (Å²) in [5.74, 6) is -0.154. The summed E-state index contributed by atoms with van der Waals surface area (Å²) >= 11 is 0. The standard InChI is InChI=1S/C12H22O3/c1-2-3-4-5-7-10(13)11-8-6-9-12(14)15-11/h10-11,13H,2-9H2,1H3/t10-,11+/m1/s1. The van der Waals surface area contributed by atoms with E-state index in [4.69, 9.17) is 4.74 Å². The van der Waals surface area contributed by atoms with Gasteiger partial charge in [-0.05, 0) is 19.3 Å². The van der Waals surface area contributed by atoms with Gasteiger partial charge in [0, 0.05) is 6.42 Å². The molecule has 1 aliphatic rings. The lowest BCUT2D eigenvalue weighted by Gasteiger charge is -2.26. The lowest BCUT2D eigenvalue weighted by Crippen LogP contribution is -2.34. The molecule has 0 bridgehead atoms. The lowest BCUT2D eigenvalue weighted by atomic mass is 9.99. The second kappa shape index (κ2) is 6.83. The van der Waals surface area contributed by atoms with Crippen molar-refractivity contribution in [3.63, 3.8) is 0 Å². The van der Waals surface area contributed by atoms with E-state index in [1.807, 2.05) is 0 Å². The van der Waals surface area contributed by atoms with Crippen LogP contribution in [0.3, 0.4) is 0 Å². The minimum absolute atomic E-state index is 0.154. The number of ether oxygens (including phenoxy) is 1. The van der Waals surface area contributed by atoms with Gasteiger partial charge in [0.25, 0.3) is 0 Å². The minimum atomic E-state index is -0.453. The van der Waals surface area contributed by atoms with Gasteiger partial charge in [0.05, 0.1) is 6.10 Å². The Hall–Kier alpha value is -0.570. The van der Waals surface area contributed by atoms with E-state index in [9.17, 15) is 9.90 Å². The Balaban J connectivity index is 2.15. The van der Waals surface area contributed by atoms with Crippen LogP contribution in [-0.2, 0) is 9.53 Å². The molecule has 0 aromatic rings. The fourth-order valence-electron chi connectivity index (χ4n) is 1.97. The van der Waals surface area contributed by atoms with Crippen LogP contribution in [0.25, 0.3) is 0 Å². The van der Waals surface area contributed by atoms with Gasteiger partial charge >= 0.3 is 5.97 Å². The number of hydrogen-bond acceptors (Lipinski definition) is 3. The van der Waals surface area contributed by atoms with Crippen molar-refractivity contribution in [2.24, 2.45) is 0 Å². The largest absolute Gasteiger partial charge is 0.460 e. The van der Waals surface area contributed by atoms with Crippen molar-refractivity contribution in [3.8, 4) is 0 Å². The van der Waals surface area contributed by atoms with Crippen LogP contribution in [0.5, 0.6) is 0 Å². The van der Waals surface area contributed by atoms with Crippen molar-refractivity contribution in [2.75, 3.05) is 0 Å². The summed E-state index contributed by atoms with van der Waals surface area (Å²) < 4.78 is 5.12. The molecule has 15 heavy (non-hydrogen) atoms. The number of carbonyl (C=O) groups excluding carboxylic acids is 1. The van der Waals surface area contributed by atoms with Gasteiger partial charge in [-0.15, -0.1) is 0 Å². The van der Waals surface area contributed by atoms with E-state index in [1.54, 1.807) is 0 Å². The Bertz CT molecular complexity index is 191. The van der Waals surface area contributed by atoms with Crippen molar-refractivity contribution in [1.29, 1.82) is 0 Å². The van der Waals surface area contributed by atoms with E-state index < -0.39 is 6.10 Å². The van der Waals surface area contributed by atoms with Crippen molar-refractivity contribution < 1.29 is 14.6 Å². The van der Waals surface area contributed by atoms with Gasteiger partial charge in [0.1, 0.15) is 6.10 Å². The monoisotopic (exact) mass is 214 g/mol. The van der Waals surface area contributed by atoms with Crippen molar-refractivity contribution in [2.45, 2.75) is 70.5 Å². The highest BCUT2D eigenvalue weighted by molar-refractivity contribution is 5.70. The van der Waals surface area contributed by atoms with E-state index in [2.05, 4.69) is 6.92 Å². The topological polar surface area (TPSA) is 46.5 Å². The molecule has 0 amide bonds. The maximum atomic E-state index is 11.0. The van der Waals surface area contributed by atoms with E-state index in [0.717, 1.165) is 32.1 Å². The van der Waals surface area contributed by atoms with Gasteiger partial charge in [0.2, 0.25) is 0 Å².